The minimum absolute atomic E-state index is 0.00485. The molecule has 2 saturated carbocycles. The molecule has 33 heavy (non-hydrogen) atoms. The maximum atomic E-state index is 12.8. The number of carbonyl (C=O) groups is 2. The van der Waals surface area contributed by atoms with Crippen LogP contribution in [-0.4, -0.2) is 18.4 Å². The molecule has 6 atom stereocenters. The number of Topliss-reactive ketones (excluding diaryl/α,β-unsaturated/α-hetero) is 1. The quantitative estimate of drug-likeness (QED) is 0.307. The summed E-state index contributed by atoms with van der Waals surface area (Å²) < 4.78 is 5.78. The lowest BCUT2D eigenvalue weighted by molar-refractivity contribution is -0.142. The highest BCUT2D eigenvalue weighted by Crippen LogP contribution is 2.71. The van der Waals surface area contributed by atoms with Gasteiger partial charge in [-0.25, -0.2) is 0 Å². The van der Waals surface area contributed by atoms with Crippen molar-refractivity contribution < 1.29 is 14.3 Å². The third-order valence-electron chi connectivity index (χ3n) is 11.2. The van der Waals surface area contributed by atoms with Crippen molar-refractivity contribution in [1.29, 1.82) is 0 Å². The zero-order valence-electron chi connectivity index (χ0n) is 22.2. The van der Waals surface area contributed by atoms with Gasteiger partial charge in [-0.1, -0.05) is 57.4 Å². The van der Waals surface area contributed by atoms with Crippen LogP contribution in [0.5, 0.6) is 0 Å². The first-order chi connectivity index (χ1) is 15.4. The van der Waals surface area contributed by atoms with Crippen LogP contribution >= 0.6 is 0 Å². The van der Waals surface area contributed by atoms with Crippen LogP contribution in [0.1, 0.15) is 113 Å². The molecule has 0 amide bonds. The van der Waals surface area contributed by atoms with E-state index in [-0.39, 0.29) is 27.8 Å². The van der Waals surface area contributed by atoms with Crippen LogP contribution in [-0.2, 0) is 14.3 Å². The molecule has 184 valence electrons. The molecule has 0 saturated heterocycles. The van der Waals surface area contributed by atoms with Crippen LogP contribution in [0, 0.1) is 33.5 Å². The van der Waals surface area contributed by atoms with E-state index < -0.39 is 0 Å². The second-order valence-corrected chi connectivity index (χ2v) is 13.1. The van der Waals surface area contributed by atoms with E-state index in [4.69, 9.17) is 4.74 Å². The van der Waals surface area contributed by atoms with Gasteiger partial charge in [0.15, 0.2) is 0 Å². The van der Waals surface area contributed by atoms with E-state index in [2.05, 4.69) is 54.5 Å². The molecule has 0 N–H and O–H groups in total. The number of ether oxygens (including phenoxy) is 1. The van der Waals surface area contributed by atoms with E-state index >= 15 is 0 Å². The smallest absolute Gasteiger partial charge is 0.293 e. The van der Waals surface area contributed by atoms with Crippen LogP contribution in [0.4, 0.5) is 0 Å². The molecule has 0 aromatic carbocycles. The first-order valence-electron chi connectivity index (χ1n) is 13.4. The average molecular weight is 455 g/mol. The summed E-state index contributed by atoms with van der Waals surface area (Å²) in [6.45, 7) is 16.9. The first kappa shape index (κ1) is 24.7. The molecule has 4 aliphatic carbocycles. The maximum Gasteiger partial charge on any atom is 0.293 e. The van der Waals surface area contributed by atoms with Crippen LogP contribution < -0.4 is 0 Å². The van der Waals surface area contributed by atoms with Crippen LogP contribution in [0.3, 0.4) is 0 Å². The zero-order chi connectivity index (χ0) is 24.2. The number of hydrogen-bond acceptors (Lipinski definition) is 3. The summed E-state index contributed by atoms with van der Waals surface area (Å²) >= 11 is 0. The van der Waals surface area contributed by atoms with Gasteiger partial charge in [-0.3, -0.25) is 9.59 Å². The van der Waals surface area contributed by atoms with Crippen molar-refractivity contribution in [1.82, 2.24) is 0 Å². The minimum Gasteiger partial charge on any atom is -0.464 e. The Bertz CT molecular complexity index is 875. The van der Waals surface area contributed by atoms with E-state index in [0.29, 0.717) is 24.1 Å². The summed E-state index contributed by atoms with van der Waals surface area (Å²) in [7, 11) is 0. The van der Waals surface area contributed by atoms with Crippen molar-refractivity contribution in [3.8, 4) is 0 Å². The second kappa shape index (κ2) is 8.38. The number of hydrogen-bond donors (Lipinski definition) is 0. The molecule has 0 radical (unpaired) electrons. The Morgan fingerprint density at radius 3 is 2.39 bits per heavy atom. The van der Waals surface area contributed by atoms with Crippen molar-refractivity contribution in [3.05, 3.63) is 22.8 Å². The van der Waals surface area contributed by atoms with E-state index in [1.807, 2.05) is 0 Å². The van der Waals surface area contributed by atoms with Crippen LogP contribution in [0.25, 0.3) is 0 Å². The zero-order valence-corrected chi connectivity index (χ0v) is 22.2. The Balaban J connectivity index is 1.68. The van der Waals surface area contributed by atoms with Crippen LogP contribution in [0.2, 0.25) is 0 Å². The molecule has 0 spiro atoms. The number of allylic oxidation sites excluding steroid dienone is 4. The lowest BCUT2D eigenvalue weighted by Gasteiger charge is -2.60. The van der Waals surface area contributed by atoms with E-state index in [9.17, 15) is 9.59 Å². The average Bonchev–Trinajstić information content (AvgIpc) is 3.02. The van der Waals surface area contributed by atoms with Gasteiger partial charge in [0, 0.05) is 17.8 Å². The standard InChI is InChI=1S/C30H46O3/c1-20(2)9-8-10-24(33-19-31)23-14-18-29(6)22-11-12-25-27(3,4)26(32)15-16-28(25,5)21(22)13-17-30(23,29)7/h9,19,23-25H,8,10-18H2,1-7H3/t23?,24?,25?,28-,29-,30+/m1/s1. The van der Waals surface area contributed by atoms with E-state index in [0.717, 1.165) is 51.4 Å². The van der Waals surface area contributed by atoms with E-state index in [1.54, 1.807) is 11.1 Å². The fraction of sp³-hybridized carbons (Fsp3) is 0.800. The predicted octanol–water partition coefficient (Wildman–Crippen LogP) is 7.59. The molecule has 0 aromatic heterocycles. The molecule has 0 heterocycles. The SMILES string of the molecule is CC(C)=CCCC(OC=O)C1CC[C@]2(C)C3=C(CC[C@@]12C)[C@@]1(C)CCC(=O)C(C)(C)C1CC3. The van der Waals surface area contributed by atoms with Gasteiger partial charge in [0.25, 0.3) is 6.47 Å². The molecule has 0 bridgehead atoms. The highest BCUT2D eigenvalue weighted by atomic mass is 16.5. The monoisotopic (exact) mass is 454 g/mol. The molecule has 0 aromatic rings. The second-order valence-electron chi connectivity index (χ2n) is 13.1. The molecule has 4 aliphatic rings. The number of carbonyl (C=O) groups excluding carboxylic acids is 2. The van der Waals surface area contributed by atoms with Crippen molar-refractivity contribution in [2.24, 2.45) is 33.5 Å². The number of fused-ring (bicyclic) bond motifs is 4. The normalized spacial score (nSPS) is 40.4. The molecular weight excluding hydrogens is 408 g/mol. The lowest BCUT2D eigenvalue weighted by atomic mass is 9.43. The summed E-state index contributed by atoms with van der Waals surface area (Å²) in [6.07, 6.45) is 12.9. The number of rotatable bonds is 6. The predicted molar refractivity (Wildman–Crippen MR) is 134 cm³/mol. The topological polar surface area (TPSA) is 43.4 Å². The third-order valence-corrected chi connectivity index (χ3v) is 11.2. The highest BCUT2D eigenvalue weighted by molar-refractivity contribution is 5.85. The molecule has 0 aliphatic heterocycles. The van der Waals surface area contributed by atoms with Gasteiger partial charge in [-0.15, -0.1) is 0 Å². The van der Waals surface area contributed by atoms with Crippen molar-refractivity contribution in [3.63, 3.8) is 0 Å². The van der Waals surface area contributed by atoms with Gasteiger partial charge in [0.05, 0.1) is 0 Å². The summed E-state index contributed by atoms with van der Waals surface area (Å²) in [5.74, 6) is 1.35. The highest BCUT2D eigenvalue weighted by Gasteiger charge is 2.64. The van der Waals surface area contributed by atoms with Crippen molar-refractivity contribution >= 4 is 12.3 Å². The Kier molecular flexibility index (Phi) is 6.28. The Morgan fingerprint density at radius 1 is 1.00 bits per heavy atom. The van der Waals surface area contributed by atoms with E-state index in [1.165, 1.54) is 18.4 Å². The first-order valence-corrected chi connectivity index (χ1v) is 13.4. The molecule has 4 rings (SSSR count). The summed E-state index contributed by atoms with van der Waals surface area (Å²) in [4.78, 5) is 24.3. The minimum atomic E-state index is -0.209. The summed E-state index contributed by atoms with van der Waals surface area (Å²) in [5, 5.41) is 0. The van der Waals surface area contributed by atoms with Crippen LogP contribution in [0.15, 0.2) is 22.8 Å². The number of ketones is 1. The van der Waals surface area contributed by atoms with Gasteiger partial charge in [-0.2, -0.15) is 0 Å². The molecule has 3 heteroatoms. The molecule has 3 nitrogen and oxygen atoms in total. The van der Waals surface area contributed by atoms with Gasteiger partial charge in [-0.05, 0) is 93.8 Å². The fourth-order valence-corrected chi connectivity index (χ4v) is 9.10. The third kappa shape index (κ3) is 3.59. The van der Waals surface area contributed by atoms with Gasteiger partial charge < -0.3 is 4.74 Å². The summed E-state index contributed by atoms with van der Waals surface area (Å²) in [5.41, 5.74) is 5.04. The fourth-order valence-electron chi connectivity index (χ4n) is 9.10. The van der Waals surface area contributed by atoms with Gasteiger partial charge in [0.2, 0.25) is 0 Å². The molecule has 3 unspecified atom stereocenters. The molecule has 2 fully saturated rings. The Hall–Kier alpha value is -1.38. The summed E-state index contributed by atoms with van der Waals surface area (Å²) in [6, 6.07) is 0. The Labute approximate surface area is 201 Å². The van der Waals surface area contributed by atoms with Gasteiger partial charge in [0.1, 0.15) is 11.9 Å². The maximum absolute atomic E-state index is 12.8. The lowest BCUT2D eigenvalue weighted by Crippen LogP contribution is -2.54. The van der Waals surface area contributed by atoms with Crippen molar-refractivity contribution in [2.75, 3.05) is 0 Å². The Morgan fingerprint density at radius 2 is 1.73 bits per heavy atom. The van der Waals surface area contributed by atoms with Crippen molar-refractivity contribution in [2.45, 2.75) is 119 Å². The largest absolute Gasteiger partial charge is 0.464 e. The molecular formula is C30H46O3. The van der Waals surface area contributed by atoms with Gasteiger partial charge >= 0.3 is 0 Å².